The van der Waals surface area contributed by atoms with E-state index in [9.17, 15) is 5.26 Å². The van der Waals surface area contributed by atoms with Crippen LogP contribution in [0.15, 0.2) is 24.3 Å². The fourth-order valence-electron chi connectivity index (χ4n) is 2.09. The quantitative estimate of drug-likeness (QED) is 0.728. The van der Waals surface area contributed by atoms with Crippen LogP contribution in [0, 0.1) is 32.1 Å². The maximum Gasteiger partial charge on any atom is 0.212 e. The number of aromatic nitrogens is 4. The van der Waals surface area contributed by atoms with Crippen LogP contribution >= 0.6 is 11.3 Å². The van der Waals surface area contributed by atoms with E-state index in [2.05, 4.69) is 21.4 Å². The zero-order valence-electron chi connectivity index (χ0n) is 12.0. The lowest BCUT2D eigenvalue weighted by Crippen LogP contribution is -1.99. The maximum absolute atomic E-state index is 9.29. The van der Waals surface area contributed by atoms with Crippen LogP contribution < -0.4 is 0 Å². The lowest BCUT2D eigenvalue weighted by molar-refractivity contribution is 0.798. The number of nitrogens with zero attached hydrogens (tertiary/aromatic N) is 5. The third kappa shape index (κ3) is 2.32. The number of benzene rings is 1. The Morgan fingerprint density at radius 1 is 1.24 bits per heavy atom. The average molecular weight is 295 g/mol. The minimum absolute atomic E-state index is 0.311. The highest BCUT2D eigenvalue weighted by Crippen LogP contribution is 2.28. The van der Waals surface area contributed by atoms with Gasteiger partial charge in [0.15, 0.2) is 5.69 Å². The summed E-state index contributed by atoms with van der Waals surface area (Å²) < 4.78 is 1.65. The molecule has 0 amide bonds. The predicted molar refractivity (Wildman–Crippen MR) is 81.4 cm³/mol. The molecule has 0 bridgehead atoms. The van der Waals surface area contributed by atoms with E-state index in [1.165, 1.54) is 0 Å². The van der Waals surface area contributed by atoms with E-state index >= 15 is 0 Å². The van der Waals surface area contributed by atoms with E-state index in [0.717, 1.165) is 26.8 Å². The number of aryl methyl sites for hydroxylation is 3. The van der Waals surface area contributed by atoms with Gasteiger partial charge in [0.05, 0.1) is 5.69 Å². The second-order valence-corrected chi connectivity index (χ2v) is 6.00. The fraction of sp³-hybridized carbons (Fsp3) is 0.200. The van der Waals surface area contributed by atoms with Gasteiger partial charge in [0.25, 0.3) is 0 Å². The second-order valence-electron chi connectivity index (χ2n) is 4.82. The maximum atomic E-state index is 9.29. The SMILES string of the molecule is Cc1cccc(-c2c(C#N)nnn2-c2nc(C)c(C)s2)c1. The molecule has 21 heavy (non-hydrogen) atoms. The van der Waals surface area contributed by atoms with Crippen molar-refractivity contribution in [2.45, 2.75) is 20.8 Å². The minimum Gasteiger partial charge on any atom is -0.223 e. The first-order valence-electron chi connectivity index (χ1n) is 6.47. The number of nitriles is 1. The molecule has 0 atom stereocenters. The lowest BCUT2D eigenvalue weighted by atomic mass is 10.1. The molecule has 0 fully saturated rings. The van der Waals surface area contributed by atoms with Crippen molar-refractivity contribution in [1.29, 1.82) is 5.26 Å². The fourth-order valence-corrected chi connectivity index (χ4v) is 2.95. The van der Waals surface area contributed by atoms with Gasteiger partial charge in [-0.2, -0.15) is 9.94 Å². The first-order chi connectivity index (χ1) is 10.1. The molecule has 3 aromatic rings. The van der Waals surface area contributed by atoms with Crippen LogP contribution in [-0.2, 0) is 0 Å². The topological polar surface area (TPSA) is 67.4 Å². The standard InChI is InChI=1S/C15H13N5S/c1-9-5-4-6-12(7-9)14-13(8-16)18-19-20(14)15-17-10(2)11(3)21-15/h4-7H,1-3H3. The van der Waals surface area contributed by atoms with Gasteiger partial charge in [-0.05, 0) is 26.8 Å². The summed E-state index contributed by atoms with van der Waals surface area (Å²) in [7, 11) is 0. The third-order valence-corrected chi connectivity index (χ3v) is 4.31. The van der Waals surface area contributed by atoms with Crippen molar-refractivity contribution in [2.24, 2.45) is 0 Å². The van der Waals surface area contributed by atoms with E-state index in [1.54, 1.807) is 16.0 Å². The van der Waals surface area contributed by atoms with Gasteiger partial charge in [0.2, 0.25) is 5.13 Å². The Labute approximate surface area is 126 Å². The van der Waals surface area contributed by atoms with Gasteiger partial charge in [-0.1, -0.05) is 40.3 Å². The van der Waals surface area contributed by atoms with E-state index < -0.39 is 0 Å². The van der Waals surface area contributed by atoms with Crippen molar-refractivity contribution in [3.8, 4) is 22.5 Å². The lowest BCUT2D eigenvalue weighted by Gasteiger charge is -2.04. The van der Waals surface area contributed by atoms with Crippen LogP contribution in [0.5, 0.6) is 0 Å². The summed E-state index contributed by atoms with van der Waals surface area (Å²) in [5, 5.41) is 18.1. The van der Waals surface area contributed by atoms with Crippen molar-refractivity contribution in [3.05, 3.63) is 46.1 Å². The van der Waals surface area contributed by atoms with Gasteiger partial charge in [0, 0.05) is 10.4 Å². The summed E-state index contributed by atoms with van der Waals surface area (Å²) in [6, 6.07) is 10.1. The van der Waals surface area contributed by atoms with Gasteiger partial charge in [-0.25, -0.2) is 4.98 Å². The third-order valence-electron chi connectivity index (χ3n) is 3.27. The van der Waals surface area contributed by atoms with Gasteiger partial charge in [0.1, 0.15) is 11.8 Å². The average Bonchev–Trinajstić information content (AvgIpc) is 3.03. The van der Waals surface area contributed by atoms with Crippen LogP contribution in [0.3, 0.4) is 0 Å². The van der Waals surface area contributed by atoms with Crippen molar-refractivity contribution in [1.82, 2.24) is 20.0 Å². The zero-order chi connectivity index (χ0) is 15.0. The second kappa shape index (κ2) is 5.11. The summed E-state index contributed by atoms with van der Waals surface area (Å²) in [5.41, 5.74) is 4.01. The van der Waals surface area contributed by atoms with Crippen molar-refractivity contribution >= 4 is 11.3 Å². The minimum atomic E-state index is 0.311. The highest BCUT2D eigenvalue weighted by molar-refractivity contribution is 7.14. The predicted octanol–water partition coefficient (Wildman–Crippen LogP) is 3.19. The first kappa shape index (κ1) is 13.5. The summed E-state index contributed by atoms with van der Waals surface area (Å²) in [6.45, 7) is 6.00. The van der Waals surface area contributed by atoms with Crippen molar-refractivity contribution in [3.63, 3.8) is 0 Å². The highest BCUT2D eigenvalue weighted by Gasteiger charge is 2.18. The summed E-state index contributed by atoms with van der Waals surface area (Å²) in [6.07, 6.45) is 0. The zero-order valence-corrected chi connectivity index (χ0v) is 12.8. The molecular formula is C15H13N5S. The Hall–Kier alpha value is -2.52. The molecule has 3 rings (SSSR count). The Morgan fingerprint density at radius 2 is 2.05 bits per heavy atom. The number of hydrogen-bond acceptors (Lipinski definition) is 5. The van der Waals surface area contributed by atoms with E-state index in [1.807, 2.05) is 45.0 Å². The monoisotopic (exact) mass is 295 g/mol. The molecule has 1 aromatic carbocycles. The van der Waals surface area contributed by atoms with Crippen LogP contribution in [-0.4, -0.2) is 20.0 Å². The summed E-state index contributed by atoms with van der Waals surface area (Å²) in [5.74, 6) is 0. The van der Waals surface area contributed by atoms with Crippen LogP contribution in [0.2, 0.25) is 0 Å². The molecule has 0 aliphatic carbocycles. The van der Waals surface area contributed by atoms with Crippen molar-refractivity contribution < 1.29 is 0 Å². The molecule has 0 radical (unpaired) electrons. The Bertz CT molecular complexity index is 834. The van der Waals surface area contributed by atoms with Gasteiger partial charge >= 0.3 is 0 Å². The van der Waals surface area contributed by atoms with Crippen molar-refractivity contribution in [2.75, 3.05) is 0 Å². The molecule has 0 aliphatic rings. The van der Waals surface area contributed by atoms with Crippen LogP contribution in [0.1, 0.15) is 21.8 Å². The largest absolute Gasteiger partial charge is 0.223 e. The number of hydrogen-bond donors (Lipinski definition) is 0. The molecule has 2 heterocycles. The van der Waals surface area contributed by atoms with E-state index in [4.69, 9.17) is 0 Å². The molecular weight excluding hydrogens is 282 g/mol. The summed E-state index contributed by atoms with van der Waals surface area (Å²) >= 11 is 1.54. The van der Waals surface area contributed by atoms with Crippen LogP contribution in [0.4, 0.5) is 0 Å². The Balaban J connectivity index is 2.24. The normalized spacial score (nSPS) is 10.6. The van der Waals surface area contributed by atoms with Gasteiger partial charge in [-0.3, -0.25) is 0 Å². The van der Waals surface area contributed by atoms with E-state index in [0.29, 0.717) is 11.4 Å². The Morgan fingerprint density at radius 3 is 2.67 bits per heavy atom. The molecule has 0 saturated heterocycles. The smallest absolute Gasteiger partial charge is 0.212 e. The summed E-state index contributed by atoms with van der Waals surface area (Å²) in [4.78, 5) is 5.64. The van der Waals surface area contributed by atoms with Crippen LogP contribution in [0.25, 0.3) is 16.4 Å². The highest BCUT2D eigenvalue weighted by atomic mass is 32.1. The molecule has 0 aliphatic heterocycles. The van der Waals surface area contributed by atoms with Gasteiger partial charge in [-0.15, -0.1) is 5.10 Å². The first-order valence-corrected chi connectivity index (χ1v) is 7.29. The Kier molecular flexibility index (Phi) is 3.28. The molecule has 5 nitrogen and oxygen atoms in total. The molecule has 6 heteroatoms. The molecule has 104 valence electrons. The van der Waals surface area contributed by atoms with E-state index in [-0.39, 0.29) is 0 Å². The molecule has 0 spiro atoms. The molecule has 0 saturated carbocycles. The van der Waals surface area contributed by atoms with Gasteiger partial charge < -0.3 is 0 Å². The molecule has 2 aromatic heterocycles. The number of rotatable bonds is 2. The molecule has 0 unspecified atom stereocenters. The molecule has 0 N–H and O–H groups in total. The number of thiazole rings is 1.